The van der Waals surface area contributed by atoms with Gasteiger partial charge >= 0.3 is 6.09 Å². The Labute approximate surface area is 305 Å². The lowest BCUT2D eigenvalue weighted by Crippen LogP contribution is -2.41. The summed E-state index contributed by atoms with van der Waals surface area (Å²) in [5.74, 6) is 1.44. The third-order valence-corrected chi connectivity index (χ3v) is 10.8. The lowest BCUT2D eigenvalue weighted by Gasteiger charge is -2.31. The number of carbonyl (C=O) groups is 3. The molecule has 1 heterocycles. The zero-order chi connectivity index (χ0) is 37.5. The molecule has 280 valence electrons. The van der Waals surface area contributed by atoms with Gasteiger partial charge in [0.05, 0.1) is 42.7 Å². The summed E-state index contributed by atoms with van der Waals surface area (Å²) in [7, 11) is 9.12. The summed E-state index contributed by atoms with van der Waals surface area (Å²) in [6.07, 6.45) is 7.98. The normalized spacial score (nSPS) is 20.2. The second-order valence-corrected chi connectivity index (χ2v) is 13.6. The van der Waals surface area contributed by atoms with Crippen molar-refractivity contribution in [3.05, 3.63) is 65.5 Å². The van der Waals surface area contributed by atoms with Crippen LogP contribution in [0, 0.1) is 10.8 Å². The third-order valence-electron chi connectivity index (χ3n) is 10.8. The molecule has 0 radical (unpaired) electrons. The van der Waals surface area contributed by atoms with Crippen LogP contribution in [-0.4, -0.2) is 89.4 Å². The van der Waals surface area contributed by atoms with Gasteiger partial charge < -0.3 is 38.1 Å². The molecule has 0 unspecified atom stereocenters. The summed E-state index contributed by atoms with van der Waals surface area (Å²) in [4.78, 5) is 47.7. The first-order valence-electron chi connectivity index (χ1n) is 17.6. The van der Waals surface area contributed by atoms with Gasteiger partial charge in [0, 0.05) is 41.9 Å². The third kappa shape index (κ3) is 7.61. The molecule has 2 aliphatic carbocycles. The number of hydrogen-bond acceptors (Lipinski definition) is 11. The summed E-state index contributed by atoms with van der Waals surface area (Å²) in [6, 6.07) is 10.7. The van der Waals surface area contributed by atoms with E-state index in [1.807, 2.05) is 37.4 Å². The maximum absolute atomic E-state index is 14.1. The molecule has 1 amide bonds. The van der Waals surface area contributed by atoms with Crippen molar-refractivity contribution in [1.29, 1.82) is 0 Å². The number of ether oxygens (including phenoxy) is 7. The van der Waals surface area contributed by atoms with Gasteiger partial charge in [-0.1, -0.05) is 19.4 Å². The van der Waals surface area contributed by atoms with Crippen LogP contribution in [0.25, 0.3) is 0 Å². The minimum atomic E-state index is -0.993. The maximum Gasteiger partial charge on any atom is 0.410 e. The first-order chi connectivity index (χ1) is 25.1. The highest BCUT2D eigenvalue weighted by molar-refractivity contribution is 6.45. The van der Waals surface area contributed by atoms with E-state index in [9.17, 15) is 14.4 Å². The van der Waals surface area contributed by atoms with Crippen molar-refractivity contribution in [2.45, 2.75) is 64.4 Å². The monoisotopic (exact) mass is 718 g/mol. The number of amides is 1. The number of carbonyl (C=O) groups excluding carboxylic acids is 3. The quantitative estimate of drug-likeness (QED) is 0.105. The van der Waals surface area contributed by atoms with Crippen LogP contribution >= 0.6 is 0 Å². The fraction of sp³-hybridized carbons (Fsp3) is 0.500. The number of aryl methyl sites for hydroxylation is 2. The molecule has 0 aliphatic heterocycles. The molecule has 12 heteroatoms. The number of benzene rings is 2. The van der Waals surface area contributed by atoms with Crippen molar-refractivity contribution in [1.82, 2.24) is 9.88 Å². The second-order valence-electron chi connectivity index (χ2n) is 13.6. The highest BCUT2D eigenvalue weighted by atomic mass is 16.6. The molecule has 3 aromatic rings. The Kier molecular flexibility index (Phi) is 12.2. The van der Waals surface area contributed by atoms with Gasteiger partial charge in [-0.05, 0) is 86.4 Å². The molecule has 2 aliphatic rings. The van der Waals surface area contributed by atoms with E-state index in [1.54, 1.807) is 32.4 Å². The Morgan fingerprint density at radius 1 is 0.769 bits per heavy atom. The zero-order valence-electron chi connectivity index (χ0n) is 31.2. The fourth-order valence-corrected chi connectivity index (χ4v) is 7.75. The van der Waals surface area contributed by atoms with Crippen LogP contribution in [0.1, 0.15) is 66.9 Å². The van der Waals surface area contributed by atoms with Gasteiger partial charge in [0.15, 0.2) is 23.0 Å². The topological polar surface area (TPSA) is 132 Å². The minimum Gasteiger partial charge on any atom is -0.493 e. The van der Waals surface area contributed by atoms with Crippen LogP contribution in [0.5, 0.6) is 34.5 Å². The minimum absolute atomic E-state index is 0.156. The lowest BCUT2D eigenvalue weighted by atomic mass is 9.71. The average molecular weight is 719 g/mol. The molecule has 0 saturated heterocycles. The molecular formula is C40H50N2O10. The van der Waals surface area contributed by atoms with Crippen LogP contribution in [0.4, 0.5) is 4.79 Å². The number of hydrogen-bond donors (Lipinski definition) is 0. The highest BCUT2D eigenvalue weighted by Gasteiger charge is 2.72. The van der Waals surface area contributed by atoms with Gasteiger partial charge in [-0.3, -0.25) is 14.6 Å². The number of Topliss-reactive ketones (excluding diaryl/α,β-unsaturated/α-hetero) is 2. The summed E-state index contributed by atoms with van der Waals surface area (Å²) >= 11 is 0. The van der Waals surface area contributed by atoms with Crippen molar-refractivity contribution in [3.8, 4) is 34.5 Å². The van der Waals surface area contributed by atoms with E-state index < -0.39 is 34.6 Å². The van der Waals surface area contributed by atoms with Gasteiger partial charge in [-0.25, -0.2) is 4.79 Å². The lowest BCUT2D eigenvalue weighted by molar-refractivity contribution is -0.126. The fourth-order valence-electron chi connectivity index (χ4n) is 7.75. The average Bonchev–Trinajstić information content (AvgIpc) is 3.77. The van der Waals surface area contributed by atoms with E-state index in [2.05, 4.69) is 4.98 Å². The van der Waals surface area contributed by atoms with Crippen LogP contribution in [0.2, 0.25) is 0 Å². The molecule has 52 heavy (non-hydrogen) atoms. The van der Waals surface area contributed by atoms with Crippen LogP contribution in [0.15, 0.2) is 48.8 Å². The number of aromatic nitrogens is 1. The van der Waals surface area contributed by atoms with Gasteiger partial charge in [-0.15, -0.1) is 0 Å². The summed E-state index contributed by atoms with van der Waals surface area (Å²) in [5.41, 5.74) is 0.632. The second kappa shape index (κ2) is 16.6. The summed E-state index contributed by atoms with van der Waals surface area (Å²) in [5, 5.41) is 0. The standard InChI is InChI=1S/C40H50N2O10/c1-39(37(44)34(43)28-22-31(48-4)36(51-7)32(23-28)49-5)15-11-16-40(39)24-33(40)52-38(45)42(18-9-13-26-12-8-17-41-25-26)19-10-14-27-20-29(46-2)35(50-6)30(21-27)47-3/h8,12,17,20-23,25,33H,9-11,13-16,18-19,24H2,1-7H3/t33-,39-,40-/m0/s1. The molecule has 2 saturated carbocycles. The van der Waals surface area contributed by atoms with Gasteiger partial charge in [0.2, 0.25) is 23.1 Å². The predicted octanol–water partition coefficient (Wildman–Crippen LogP) is 6.54. The van der Waals surface area contributed by atoms with E-state index in [4.69, 9.17) is 33.2 Å². The predicted molar refractivity (Wildman–Crippen MR) is 193 cm³/mol. The number of rotatable bonds is 18. The molecule has 12 nitrogen and oxygen atoms in total. The van der Waals surface area contributed by atoms with E-state index in [-0.39, 0.29) is 17.1 Å². The number of nitrogens with zero attached hydrogens (tertiary/aromatic N) is 2. The maximum atomic E-state index is 14.1. The molecule has 1 aromatic heterocycles. The summed E-state index contributed by atoms with van der Waals surface area (Å²) in [6.45, 7) is 2.78. The number of methoxy groups -OCH3 is 6. The van der Waals surface area contributed by atoms with Gasteiger partial charge in [0.25, 0.3) is 0 Å². The Bertz CT molecular complexity index is 1700. The molecule has 2 fully saturated rings. The highest BCUT2D eigenvalue weighted by Crippen LogP contribution is 2.69. The Morgan fingerprint density at radius 3 is 1.85 bits per heavy atom. The molecule has 5 rings (SSSR count). The van der Waals surface area contributed by atoms with Crippen molar-refractivity contribution >= 4 is 17.7 Å². The molecular weight excluding hydrogens is 668 g/mol. The van der Waals surface area contributed by atoms with Gasteiger partial charge in [0.1, 0.15) is 6.10 Å². The molecule has 0 N–H and O–H groups in total. The molecule has 3 atom stereocenters. The molecule has 2 aromatic carbocycles. The Morgan fingerprint density at radius 2 is 1.33 bits per heavy atom. The van der Waals surface area contributed by atoms with E-state index in [0.717, 1.165) is 30.4 Å². The van der Waals surface area contributed by atoms with E-state index in [1.165, 1.54) is 33.5 Å². The largest absolute Gasteiger partial charge is 0.493 e. The number of ketones is 2. The zero-order valence-corrected chi connectivity index (χ0v) is 31.2. The van der Waals surface area contributed by atoms with E-state index >= 15 is 0 Å². The summed E-state index contributed by atoms with van der Waals surface area (Å²) < 4.78 is 39.0. The van der Waals surface area contributed by atoms with Crippen molar-refractivity contribution < 1.29 is 47.5 Å². The van der Waals surface area contributed by atoms with Crippen LogP contribution < -0.4 is 28.4 Å². The van der Waals surface area contributed by atoms with E-state index in [0.29, 0.717) is 68.2 Å². The van der Waals surface area contributed by atoms with Crippen molar-refractivity contribution in [2.75, 3.05) is 55.7 Å². The SMILES string of the molecule is COc1cc(CCCN(CCCc2cccnc2)C(=O)O[C@H]2C[C@@]23CCC[C@@]3(C)C(=O)C(=O)c2cc(OC)c(OC)c(OC)c2)cc(OC)c1OC. The van der Waals surface area contributed by atoms with Crippen LogP contribution in [-0.2, 0) is 22.4 Å². The smallest absolute Gasteiger partial charge is 0.410 e. The Balaban J connectivity index is 1.29. The molecule has 0 bridgehead atoms. The number of pyridine rings is 1. The Hall–Kier alpha value is -5.00. The molecule has 1 spiro atoms. The van der Waals surface area contributed by atoms with Crippen LogP contribution in [0.3, 0.4) is 0 Å². The van der Waals surface area contributed by atoms with Crippen molar-refractivity contribution in [3.63, 3.8) is 0 Å². The van der Waals surface area contributed by atoms with Crippen molar-refractivity contribution in [2.24, 2.45) is 10.8 Å². The first-order valence-corrected chi connectivity index (χ1v) is 17.6. The first kappa shape index (κ1) is 38.2. The van der Waals surface area contributed by atoms with Gasteiger partial charge in [-0.2, -0.15) is 0 Å².